The van der Waals surface area contributed by atoms with E-state index in [1.165, 1.54) is 25.3 Å². The van der Waals surface area contributed by atoms with E-state index in [0.717, 1.165) is 19.6 Å². The summed E-state index contributed by atoms with van der Waals surface area (Å²) in [6, 6.07) is 4.47. The van der Waals surface area contributed by atoms with Gasteiger partial charge in [0.15, 0.2) is 5.78 Å². The van der Waals surface area contributed by atoms with Crippen molar-refractivity contribution < 1.29 is 13.9 Å². The van der Waals surface area contributed by atoms with Gasteiger partial charge in [-0.05, 0) is 32.2 Å². The SMILES string of the molecule is COc1ccc(F)cc1C(=O)CN1CCN(C)C(C)C1. The average molecular weight is 280 g/mol. The predicted molar refractivity (Wildman–Crippen MR) is 75.8 cm³/mol. The van der Waals surface area contributed by atoms with Gasteiger partial charge in [0, 0.05) is 25.7 Å². The number of likely N-dealkylation sites (N-methyl/N-ethyl adjacent to an activating group) is 1. The van der Waals surface area contributed by atoms with Gasteiger partial charge in [-0.3, -0.25) is 9.69 Å². The second-order valence-corrected chi connectivity index (χ2v) is 5.33. The van der Waals surface area contributed by atoms with Crippen molar-refractivity contribution in [1.82, 2.24) is 9.80 Å². The first-order chi connectivity index (χ1) is 9.51. The molecule has 1 aromatic rings. The summed E-state index contributed by atoms with van der Waals surface area (Å²) in [4.78, 5) is 16.7. The Labute approximate surface area is 119 Å². The largest absolute Gasteiger partial charge is 0.496 e. The molecule has 1 atom stereocenters. The highest BCUT2D eigenvalue weighted by molar-refractivity contribution is 6.00. The van der Waals surface area contributed by atoms with Crippen molar-refractivity contribution >= 4 is 5.78 Å². The molecule has 1 aliphatic rings. The molecular formula is C15H21FN2O2. The Morgan fingerprint density at radius 2 is 2.20 bits per heavy atom. The molecule has 2 rings (SSSR count). The first-order valence-corrected chi connectivity index (χ1v) is 6.80. The zero-order valence-electron chi connectivity index (χ0n) is 12.2. The molecule has 0 N–H and O–H groups in total. The highest BCUT2D eigenvalue weighted by Gasteiger charge is 2.23. The number of benzene rings is 1. The van der Waals surface area contributed by atoms with Crippen molar-refractivity contribution in [2.45, 2.75) is 13.0 Å². The molecular weight excluding hydrogens is 259 g/mol. The summed E-state index contributed by atoms with van der Waals surface area (Å²) < 4.78 is 18.4. The Morgan fingerprint density at radius 3 is 2.85 bits per heavy atom. The molecule has 110 valence electrons. The predicted octanol–water partition coefficient (Wildman–Crippen LogP) is 1.65. The third kappa shape index (κ3) is 3.35. The fourth-order valence-electron chi connectivity index (χ4n) is 2.45. The molecule has 0 bridgehead atoms. The van der Waals surface area contributed by atoms with Crippen LogP contribution in [-0.2, 0) is 0 Å². The normalized spacial score (nSPS) is 20.9. The number of ketones is 1. The van der Waals surface area contributed by atoms with Crippen LogP contribution in [0.3, 0.4) is 0 Å². The van der Waals surface area contributed by atoms with Gasteiger partial charge in [-0.25, -0.2) is 4.39 Å². The molecule has 0 amide bonds. The van der Waals surface area contributed by atoms with E-state index in [4.69, 9.17) is 4.74 Å². The van der Waals surface area contributed by atoms with E-state index in [9.17, 15) is 9.18 Å². The second kappa shape index (κ2) is 6.33. The third-order valence-corrected chi connectivity index (χ3v) is 3.87. The quantitative estimate of drug-likeness (QED) is 0.785. The number of piperazine rings is 1. The van der Waals surface area contributed by atoms with E-state index in [1.54, 1.807) is 0 Å². The third-order valence-electron chi connectivity index (χ3n) is 3.87. The van der Waals surface area contributed by atoms with Crippen molar-refractivity contribution in [2.24, 2.45) is 0 Å². The maximum atomic E-state index is 13.3. The highest BCUT2D eigenvalue weighted by atomic mass is 19.1. The molecule has 0 radical (unpaired) electrons. The Bertz CT molecular complexity index is 493. The lowest BCUT2D eigenvalue weighted by atomic mass is 10.1. The van der Waals surface area contributed by atoms with Gasteiger partial charge in [-0.15, -0.1) is 0 Å². The van der Waals surface area contributed by atoms with E-state index in [1.807, 2.05) is 0 Å². The van der Waals surface area contributed by atoms with Crippen LogP contribution in [0.1, 0.15) is 17.3 Å². The van der Waals surface area contributed by atoms with E-state index in [-0.39, 0.29) is 5.78 Å². The van der Waals surface area contributed by atoms with Gasteiger partial charge in [0.25, 0.3) is 0 Å². The molecule has 0 spiro atoms. The number of carbonyl (C=O) groups is 1. The zero-order chi connectivity index (χ0) is 14.7. The van der Waals surface area contributed by atoms with E-state index < -0.39 is 5.82 Å². The molecule has 4 nitrogen and oxygen atoms in total. The maximum Gasteiger partial charge on any atom is 0.180 e. The van der Waals surface area contributed by atoms with Crippen LogP contribution >= 0.6 is 0 Å². The first-order valence-electron chi connectivity index (χ1n) is 6.80. The minimum absolute atomic E-state index is 0.0990. The van der Waals surface area contributed by atoms with Crippen LogP contribution in [0.2, 0.25) is 0 Å². The topological polar surface area (TPSA) is 32.8 Å². The molecule has 1 aliphatic heterocycles. The molecule has 1 unspecified atom stereocenters. The van der Waals surface area contributed by atoms with Gasteiger partial charge in [0.2, 0.25) is 0 Å². The molecule has 1 heterocycles. The summed E-state index contributed by atoms with van der Waals surface area (Å²) in [5, 5.41) is 0. The monoisotopic (exact) mass is 280 g/mol. The van der Waals surface area contributed by atoms with Crippen LogP contribution < -0.4 is 4.74 Å². The second-order valence-electron chi connectivity index (χ2n) is 5.33. The summed E-state index contributed by atoms with van der Waals surface area (Å²) in [6.07, 6.45) is 0. The first kappa shape index (κ1) is 14.9. The fraction of sp³-hybridized carbons (Fsp3) is 0.533. The number of ether oxygens (including phenoxy) is 1. The molecule has 20 heavy (non-hydrogen) atoms. The van der Waals surface area contributed by atoms with Crippen LogP contribution in [0.5, 0.6) is 5.75 Å². The van der Waals surface area contributed by atoms with Crippen molar-refractivity contribution in [2.75, 3.05) is 40.3 Å². The molecule has 5 heteroatoms. The zero-order valence-corrected chi connectivity index (χ0v) is 12.2. The van der Waals surface area contributed by atoms with Gasteiger partial charge >= 0.3 is 0 Å². The summed E-state index contributed by atoms with van der Waals surface area (Å²) in [5.41, 5.74) is 0.319. The number of rotatable bonds is 4. The Morgan fingerprint density at radius 1 is 1.45 bits per heavy atom. The Balaban J connectivity index is 2.07. The van der Waals surface area contributed by atoms with Crippen LogP contribution in [0.15, 0.2) is 18.2 Å². The van der Waals surface area contributed by atoms with Crippen LogP contribution in [0.25, 0.3) is 0 Å². The van der Waals surface area contributed by atoms with Gasteiger partial charge < -0.3 is 9.64 Å². The molecule has 1 saturated heterocycles. The number of methoxy groups -OCH3 is 1. The summed E-state index contributed by atoms with van der Waals surface area (Å²) >= 11 is 0. The Kier molecular flexibility index (Phi) is 4.73. The molecule has 0 aliphatic carbocycles. The average Bonchev–Trinajstić information content (AvgIpc) is 2.43. The van der Waals surface area contributed by atoms with E-state index in [0.29, 0.717) is 23.9 Å². The van der Waals surface area contributed by atoms with Crippen molar-refractivity contribution in [1.29, 1.82) is 0 Å². The number of halogens is 1. The number of carbonyl (C=O) groups excluding carboxylic acids is 1. The van der Waals surface area contributed by atoms with E-state index in [2.05, 4.69) is 23.8 Å². The van der Waals surface area contributed by atoms with Gasteiger partial charge in [0.1, 0.15) is 11.6 Å². The number of Topliss-reactive ketones (excluding diaryl/α,β-unsaturated/α-hetero) is 1. The summed E-state index contributed by atoms with van der Waals surface area (Å²) in [5.74, 6) is -0.0856. The molecule has 1 fully saturated rings. The van der Waals surface area contributed by atoms with Crippen LogP contribution in [-0.4, -0.2) is 62.0 Å². The summed E-state index contributed by atoms with van der Waals surface area (Å²) in [7, 11) is 3.57. The van der Waals surface area contributed by atoms with E-state index >= 15 is 0 Å². The minimum atomic E-state index is -0.416. The van der Waals surface area contributed by atoms with Gasteiger partial charge in [-0.2, -0.15) is 0 Å². The van der Waals surface area contributed by atoms with Crippen LogP contribution in [0.4, 0.5) is 4.39 Å². The smallest absolute Gasteiger partial charge is 0.180 e. The lowest BCUT2D eigenvalue weighted by molar-refractivity contribution is 0.0783. The highest BCUT2D eigenvalue weighted by Crippen LogP contribution is 2.20. The van der Waals surface area contributed by atoms with Crippen LogP contribution in [0, 0.1) is 5.82 Å². The molecule has 1 aromatic carbocycles. The lowest BCUT2D eigenvalue weighted by Gasteiger charge is -2.37. The number of nitrogens with zero attached hydrogens (tertiary/aromatic N) is 2. The minimum Gasteiger partial charge on any atom is -0.496 e. The van der Waals surface area contributed by atoms with Crippen molar-refractivity contribution in [3.8, 4) is 5.75 Å². The molecule has 0 aromatic heterocycles. The van der Waals surface area contributed by atoms with Crippen molar-refractivity contribution in [3.63, 3.8) is 0 Å². The van der Waals surface area contributed by atoms with Crippen molar-refractivity contribution in [3.05, 3.63) is 29.6 Å². The molecule has 0 saturated carbocycles. The number of hydrogen-bond donors (Lipinski definition) is 0. The number of hydrogen-bond acceptors (Lipinski definition) is 4. The van der Waals surface area contributed by atoms with Gasteiger partial charge in [0.05, 0.1) is 19.2 Å². The fourth-order valence-corrected chi connectivity index (χ4v) is 2.45. The lowest BCUT2D eigenvalue weighted by Crippen LogP contribution is -2.51. The summed E-state index contributed by atoms with van der Waals surface area (Å²) in [6.45, 7) is 5.08. The maximum absolute atomic E-state index is 13.3. The standard InChI is InChI=1S/C15H21FN2O2/c1-11-9-18(7-6-17(11)2)10-14(19)13-8-12(16)4-5-15(13)20-3/h4-5,8,11H,6-7,9-10H2,1-3H3. The van der Waals surface area contributed by atoms with Gasteiger partial charge in [-0.1, -0.05) is 0 Å². The Hall–Kier alpha value is -1.46.